The standard InChI is InChI=1S/C19H27N3OS/c1-15(12-19-20-17-4-2-3-5-18(17)24-19)22-7-6-16(14-22)13-21-8-10-23-11-9-21/h2-5,15-16H,6-14H2,1H3/t15-,16-/m0/s1. The van der Waals surface area contributed by atoms with Crippen LogP contribution in [0.25, 0.3) is 10.2 Å². The third-order valence-corrected chi connectivity index (χ3v) is 6.43. The molecule has 2 aromatic rings. The quantitative estimate of drug-likeness (QED) is 0.833. The molecule has 0 N–H and O–H groups in total. The second kappa shape index (κ2) is 7.48. The van der Waals surface area contributed by atoms with Crippen LogP contribution in [-0.4, -0.2) is 66.8 Å². The van der Waals surface area contributed by atoms with Gasteiger partial charge in [-0.3, -0.25) is 9.80 Å². The van der Waals surface area contributed by atoms with E-state index in [4.69, 9.17) is 9.72 Å². The Morgan fingerprint density at radius 3 is 2.92 bits per heavy atom. The summed E-state index contributed by atoms with van der Waals surface area (Å²) in [7, 11) is 0. The molecule has 1 aromatic carbocycles. The van der Waals surface area contributed by atoms with Gasteiger partial charge in [-0.1, -0.05) is 12.1 Å². The number of ether oxygens (including phenoxy) is 1. The molecule has 2 aliphatic heterocycles. The number of aromatic nitrogens is 1. The molecule has 2 aliphatic rings. The number of likely N-dealkylation sites (tertiary alicyclic amines) is 1. The van der Waals surface area contributed by atoms with Gasteiger partial charge in [0.2, 0.25) is 0 Å². The Labute approximate surface area is 148 Å². The fraction of sp³-hybridized carbons (Fsp3) is 0.632. The minimum absolute atomic E-state index is 0.584. The van der Waals surface area contributed by atoms with Crippen molar-refractivity contribution in [2.24, 2.45) is 5.92 Å². The van der Waals surface area contributed by atoms with E-state index >= 15 is 0 Å². The Morgan fingerprint density at radius 2 is 2.08 bits per heavy atom. The van der Waals surface area contributed by atoms with E-state index in [1.165, 1.54) is 35.8 Å². The average Bonchev–Trinajstić information content (AvgIpc) is 3.22. The molecule has 0 spiro atoms. The minimum atomic E-state index is 0.584. The Balaban J connectivity index is 1.31. The van der Waals surface area contributed by atoms with Crippen LogP contribution in [0, 0.1) is 5.92 Å². The van der Waals surface area contributed by atoms with Crippen molar-refractivity contribution in [2.75, 3.05) is 45.9 Å². The number of morpholine rings is 1. The Bertz CT molecular complexity index is 634. The van der Waals surface area contributed by atoms with E-state index in [0.717, 1.165) is 44.2 Å². The van der Waals surface area contributed by atoms with Gasteiger partial charge in [0.25, 0.3) is 0 Å². The molecule has 2 fully saturated rings. The van der Waals surface area contributed by atoms with Gasteiger partial charge in [0, 0.05) is 38.6 Å². The van der Waals surface area contributed by atoms with E-state index < -0.39 is 0 Å². The van der Waals surface area contributed by atoms with Gasteiger partial charge in [0.1, 0.15) is 0 Å². The number of thiazole rings is 1. The van der Waals surface area contributed by atoms with Crippen LogP contribution < -0.4 is 0 Å². The van der Waals surface area contributed by atoms with Gasteiger partial charge < -0.3 is 4.74 Å². The van der Waals surface area contributed by atoms with Gasteiger partial charge in [-0.05, 0) is 37.9 Å². The van der Waals surface area contributed by atoms with Gasteiger partial charge >= 0.3 is 0 Å². The van der Waals surface area contributed by atoms with E-state index in [9.17, 15) is 0 Å². The van der Waals surface area contributed by atoms with E-state index in [1.807, 2.05) is 11.3 Å². The molecule has 2 saturated heterocycles. The Morgan fingerprint density at radius 1 is 1.25 bits per heavy atom. The topological polar surface area (TPSA) is 28.6 Å². The number of para-hydroxylation sites is 1. The van der Waals surface area contributed by atoms with Crippen LogP contribution in [0.2, 0.25) is 0 Å². The highest BCUT2D eigenvalue weighted by atomic mass is 32.1. The maximum absolute atomic E-state index is 5.46. The molecule has 4 nitrogen and oxygen atoms in total. The SMILES string of the molecule is C[C@@H](Cc1nc2ccccc2s1)N1CC[C@@H](CN2CCOCC2)C1. The predicted molar refractivity (Wildman–Crippen MR) is 99.7 cm³/mol. The van der Waals surface area contributed by atoms with E-state index in [2.05, 4.69) is 41.0 Å². The third kappa shape index (κ3) is 3.80. The predicted octanol–water partition coefficient (Wildman–Crippen LogP) is 2.88. The molecule has 5 heteroatoms. The summed E-state index contributed by atoms with van der Waals surface area (Å²) >= 11 is 1.85. The number of fused-ring (bicyclic) bond motifs is 1. The molecular weight excluding hydrogens is 318 g/mol. The molecule has 2 atom stereocenters. The third-order valence-electron chi connectivity index (χ3n) is 5.37. The van der Waals surface area contributed by atoms with Gasteiger partial charge in [-0.2, -0.15) is 0 Å². The molecule has 4 rings (SSSR count). The van der Waals surface area contributed by atoms with Crippen LogP contribution in [0.15, 0.2) is 24.3 Å². The lowest BCUT2D eigenvalue weighted by Crippen LogP contribution is -2.40. The molecule has 24 heavy (non-hydrogen) atoms. The van der Waals surface area contributed by atoms with Crippen LogP contribution in [0.3, 0.4) is 0 Å². The fourth-order valence-electron chi connectivity index (χ4n) is 3.95. The van der Waals surface area contributed by atoms with Crippen LogP contribution in [0.5, 0.6) is 0 Å². The van der Waals surface area contributed by atoms with E-state index in [1.54, 1.807) is 0 Å². The largest absolute Gasteiger partial charge is 0.379 e. The van der Waals surface area contributed by atoms with Crippen molar-refractivity contribution < 1.29 is 4.74 Å². The molecule has 0 radical (unpaired) electrons. The van der Waals surface area contributed by atoms with Gasteiger partial charge in [0.05, 0.1) is 28.4 Å². The average molecular weight is 346 g/mol. The molecule has 1 aromatic heterocycles. The van der Waals surface area contributed by atoms with Gasteiger partial charge in [0.15, 0.2) is 0 Å². The molecule has 130 valence electrons. The van der Waals surface area contributed by atoms with Crippen molar-refractivity contribution in [3.05, 3.63) is 29.3 Å². The summed E-state index contributed by atoms with van der Waals surface area (Å²) in [6, 6.07) is 9.06. The number of rotatable bonds is 5. The van der Waals surface area contributed by atoms with Gasteiger partial charge in [-0.25, -0.2) is 4.98 Å². The molecule has 3 heterocycles. The smallest absolute Gasteiger partial charge is 0.0954 e. The second-order valence-electron chi connectivity index (χ2n) is 7.19. The lowest BCUT2D eigenvalue weighted by molar-refractivity contribution is 0.0309. The summed E-state index contributed by atoms with van der Waals surface area (Å²) in [5, 5.41) is 1.28. The first-order chi connectivity index (χ1) is 11.8. The van der Waals surface area contributed by atoms with Crippen molar-refractivity contribution in [3.8, 4) is 0 Å². The highest BCUT2D eigenvalue weighted by Gasteiger charge is 2.28. The Kier molecular flexibility index (Phi) is 5.13. The number of hydrogen-bond donors (Lipinski definition) is 0. The summed E-state index contributed by atoms with van der Waals surface area (Å²) in [5.74, 6) is 0.820. The van der Waals surface area contributed by atoms with Crippen molar-refractivity contribution in [3.63, 3.8) is 0 Å². The zero-order valence-electron chi connectivity index (χ0n) is 14.5. The first-order valence-corrected chi connectivity index (χ1v) is 9.98. The van der Waals surface area contributed by atoms with Crippen molar-refractivity contribution in [1.82, 2.24) is 14.8 Å². The number of hydrogen-bond acceptors (Lipinski definition) is 5. The highest BCUT2D eigenvalue weighted by molar-refractivity contribution is 7.18. The molecule has 0 bridgehead atoms. The van der Waals surface area contributed by atoms with Crippen molar-refractivity contribution in [1.29, 1.82) is 0 Å². The molecule has 0 amide bonds. The van der Waals surface area contributed by atoms with E-state index in [0.29, 0.717) is 6.04 Å². The normalized spacial score (nSPS) is 24.6. The number of benzene rings is 1. The second-order valence-corrected chi connectivity index (χ2v) is 8.31. The molecular formula is C19H27N3OS. The summed E-state index contributed by atoms with van der Waals surface area (Å²) < 4.78 is 6.77. The Hall–Kier alpha value is -1.01. The van der Waals surface area contributed by atoms with Crippen LogP contribution in [0.1, 0.15) is 18.4 Å². The van der Waals surface area contributed by atoms with Gasteiger partial charge in [-0.15, -0.1) is 11.3 Å². The molecule has 0 unspecified atom stereocenters. The fourth-order valence-corrected chi connectivity index (χ4v) is 5.04. The van der Waals surface area contributed by atoms with Crippen LogP contribution >= 0.6 is 11.3 Å². The first-order valence-electron chi connectivity index (χ1n) is 9.16. The highest BCUT2D eigenvalue weighted by Crippen LogP contribution is 2.26. The van der Waals surface area contributed by atoms with Crippen LogP contribution in [-0.2, 0) is 11.2 Å². The summed E-state index contributed by atoms with van der Waals surface area (Å²) in [6.45, 7) is 10.1. The minimum Gasteiger partial charge on any atom is -0.379 e. The zero-order valence-corrected chi connectivity index (χ0v) is 15.3. The maximum atomic E-state index is 5.46. The lowest BCUT2D eigenvalue weighted by atomic mass is 10.1. The van der Waals surface area contributed by atoms with Crippen molar-refractivity contribution in [2.45, 2.75) is 25.8 Å². The van der Waals surface area contributed by atoms with E-state index in [-0.39, 0.29) is 0 Å². The summed E-state index contributed by atoms with van der Waals surface area (Å²) in [4.78, 5) is 10.0. The molecule has 0 saturated carbocycles. The monoisotopic (exact) mass is 345 g/mol. The zero-order chi connectivity index (χ0) is 16.4. The molecule has 0 aliphatic carbocycles. The first kappa shape index (κ1) is 16.5. The summed E-state index contributed by atoms with van der Waals surface area (Å²) in [6.07, 6.45) is 2.41. The van der Waals surface area contributed by atoms with Crippen LogP contribution in [0.4, 0.5) is 0 Å². The summed E-state index contributed by atoms with van der Waals surface area (Å²) in [5.41, 5.74) is 1.15. The number of nitrogens with zero attached hydrogens (tertiary/aromatic N) is 3. The maximum Gasteiger partial charge on any atom is 0.0954 e. The lowest BCUT2D eigenvalue weighted by Gasteiger charge is -2.29. The van der Waals surface area contributed by atoms with Crippen molar-refractivity contribution >= 4 is 21.6 Å².